The first-order valence-corrected chi connectivity index (χ1v) is 5.92. The van der Waals surface area contributed by atoms with Gasteiger partial charge in [-0.15, -0.1) is 0 Å². The molecule has 17 heavy (non-hydrogen) atoms. The van der Waals surface area contributed by atoms with Gasteiger partial charge in [0.25, 0.3) is 5.91 Å². The lowest BCUT2D eigenvalue weighted by molar-refractivity contribution is 0.0785. The van der Waals surface area contributed by atoms with Crippen LogP contribution < -0.4 is 5.73 Å². The number of carbonyl (C=O) groups excluding carboxylic acids is 1. The monoisotopic (exact) mass is 234 g/mol. The van der Waals surface area contributed by atoms with Gasteiger partial charge >= 0.3 is 0 Å². The van der Waals surface area contributed by atoms with E-state index in [0.717, 1.165) is 13.0 Å². The molecule has 0 aromatic heterocycles. The maximum absolute atomic E-state index is 12.1. The van der Waals surface area contributed by atoms with Crippen LogP contribution in [0.15, 0.2) is 24.3 Å². The van der Waals surface area contributed by atoms with Crippen molar-refractivity contribution in [1.82, 2.24) is 4.90 Å². The number of amides is 1. The van der Waals surface area contributed by atoms with Crippen LogP contribution in [0.1, 0.15) is 23.7 Å². The molecule has 4 heteroatoms. The molecule has 1 aromatic rings. The number of likely N-dealkylation sites (tertiary alicyclic amines) is 1. The van der Waals surface area contributed by atoms with Gasteiger partial charge in [0.05, 0.1) is 0 Å². The van der Waals surface area contributed by atoms with E-state index in [1.54, 1.807) is 18.2 Å². The van der Waals surface area contributed by atoms with E-state index >= 15 is 0 Å². The molecule has 2 unspecified atom stereocenters. The summed E-state index contributed by atoms with van der Waals surface area (Å²) in [6, 6.07) is 6.59. The van der Waals surface area contributed by atoms with Gasteiger partial charge in [-0.2, -0.15) is 0 Å². The number of rotatable bonds is 2. The molecule has 0 bridgehead atoms. The minimum Gasteiger partial charge on any atom is -0.508 e. The van der Waals surface area contributed by atoms with Crippen molar-refractivity contribution in [3.05, 3.63) is 29.8 Å². The second kappa shape index (κ2) is 4.75. The van der Waals surface area contributed by atoms with Crippen molar-refractivity contribution in [2.75, 3.05) is 13.1 Å². The molecule has 0 radical (unpaired) electrons. The standard InChI is InChI=1S/C13H18N2O2/c1-9(14)11-5-6-15(8-11)13(17)10-3-2-4-12(16)7-10/h2-4,7,9,11,16H,5-6,8,14H2,1H3. The first kappa shape index (κ1) is 11.9. The fourth-order valence-corrected chi connectivity index (χ4v) is 2.22. The Labute approximate surface area is 101 Å². The van der Waals surface area contributed by atoms with E-state index in [0.29, 0.717) is 18.0 Å². The van der Waals surface area contributed by atoms with E-state index in [9.17, 15) is 9.90 Å². The molecule has 1 heterocycles. The molecule has 0 spiro atoms. The van der Waals surface area contributed by atoms with Crippen molar-refractivity contribution >= 4 is 5.91 Å². The Hall–Kier alpha value is -1.55. The van der Waals surface area contributed by atoms with Gasteiger partial charge in [-0.1, -0.05) is 6.07 Å². The SMILES string of the molecule is CC(N)C1CCN(C(=O)c2cccc(O)c2)C1. The number of benzene rings is 1. The third-order valence-corrected chi connectivity index (χ3v) is 3.35. The Morgan fingerprint density at radius 1 is 1.59 bits per heavy atom. The van der Waals surface area contributed by atoms with E-state index in [2.05, 4.69) is 0 Å². The summed E-state index contributed by atoms with van der Waals surface area (Å²) in [6.45, 7) is 3.44. The minimum atomic E-state index is -0.0240. The summed E-state index contributed by atoms with van der Waals surface area (Å²) in [4.78, 5) is 13.9. The number of hydrogen-bond donors (Lipinski definition) is 2. The lowest BCUT2D eigenvalue weighted by Crippen LogP contribution is -2.32. The van der Waals surface area contributed by atoms with Gasteiger partial charge in [-0.05, 0) is 37.5 Å². The fraction of sp³-hybridized carbons (Fsp3) is 0.462. The van der Waals surface area contributed by atoms with Crippen molar-refractivity contribution in [2.45, 2.75) is 19.4 Å². The Kier molecular flexibility index (Phi) is 3.33. The first-order chi connectivity index (χ1) is 8.08. The van der Waals surface area contributed by atoms with Crippen LogP contribution in [0.2, 0.25) is 0 Å². The molecule has 2 rings (SSSR count). The van der Waals surface area contributed by atoms with E-state index in [1.807, 2.05) is 11.8 Å². The molecular formula is C13H18N2O2. The van der Waals surface area contributed by atoms with Crippen LogP contribution in [-0.4, -0.2) is 35.0 Å². The second-order valence-electron chi connectivity index (χ2n) is 4.71. The van der Waals surface area contributed by atoms with Crippen molar-refractivity contribution in [1.29, 1.82) is 0 Å². The normalized spacial score (nSPS) is 21.5. The van der Waals surface area contributed by atoms with Gasteiger partial charge in [0, 0.05) is 24.7 Å². The summed E-state index contributed by atoms with van der Waals surface area (Å²) in [6.07, 6.45) is 0.961. The molecule has 1 aromatic carbocycles. The number of aromatic hydroxyl groups is 1. The molecule has 92 valence electrons. The number of hydrogen-bond acceptors (Lipinski definition) is 3. The molecule has 1 fully saturated rings. The zero-order valence-corrected chi connectivity index (χ0v) is 9.97. The van der Waals surface area contributed by atoms with E-state index in [1.165, 1.54) is 6.07 Å². The third-order valence-electron chi connectivity index (χ3n) is 3.35. The minimum absolute atomic E-state index is 0.0240. The summed E-state index contributed by atoms with van der Waals surface area (Å²) >= 11 is 0. The highest BCUT2D eigenvalue weighted by Crippen LogP contribution is 2.21. The third kappa shape index (κ3) is 2.58. The molecule has 2 atom stereocenters. The van der Waals surface area contributed by atoms with Gasteiger partial charge in [0.1, 0.15) is 5.75 Å². The molecule has 1 aliphatic heterocycles. The highest BCUT2D eigenvalue weighted by molar-refractivity contribution is 5.94. The Bertz CT molecular complexity index is 418. The number of phenols is 1. The van der Waals surface area contributed by atoms with Crippen LogP contribution in [0.25, 0.3) is 0 Å². The van der Waals surface area contributed by atoms with Crippen molar-refractivity contribution < 1.29 is 9.90 Å². The fourth-order valence-electron chi connectivity index (χ4n) is 2.22. The van der Waals surface area contributed by atoms with Crippen LogP contribution >= 0.6 is 0 Å². The Morgan fingerprint density at radius 2 is 2.35 bits per heavy atom. The number of phenolic OH excluding ortho intramolecular Hbond substituents is 1. The zero-order valence-electron chi connectivity index (χ0n) is 9.97. The predicted molar refractivity (Wildman–Crippen MR) is 65.8 cm³/mol. The highest BCUT2D eigenvalue weighted by atomic mass is 16.3. The molecule has 0 saturated carbocycles. The van der Waals surface area contributed by atoms with Crippen LogP contribution in [0.4, 0.5) is 0 Å². The largest absolute Gasteiger partial charge is 0.508 e. The van der Waals surface area contributed by atoms with Crippen LogP contribution in [-0.2, 0) is 0 Å². The summed E-state index contributed by atoms with van der Waals surface area (Å²) in [5, 5.41) is 9.35. The van der Waals surface area contributed by atoms with Crippen molar-refractivity contribution in [2.24, 2.45) is 11.7 Å². The van der Waals surface area contributed by atoms with Crippen molar-refractivity contribution in [3.8, 4) is 5.75 Å². The molecular weight excluding hydrogens is 216 g/mol. The van der Waals surface area contributed by atoms with Gasteiger partial charge in [0.2, 0.25) is 0 Å². The number of nitrogens with zero attached hydrogens (tertiary/aromatic N) is 1. The summed E-state index contributed by atoms with van der Waals surface area (Å²) in [5.41, 5.74) is 6.38. The second-order valence-corrected chi connectivity index (χ2v) is 4.71. The molecule has 0 aliphatic carbocycles. The average Bonchev–Trinajstić information content (AvgIpc) is 2.77. The average molecular weight is 234 g/mol. The number of nitrogens with two attached hydrogens (primary N) is 1. The molecule has 1 aliphatic rings. The Morgan fingerprint density at radius 3 is 2.94 bits per heavy atom. The summed E-state index contributed by atoms with van der Waals surface area (Å²) in [7, 11) is 0. The van der Waals surface area contributed by atoms with Crippen LogP contribution in [0.5, 0.6) is 5.75 Å². The highest BCUT2D eigenvalue weighted by Gasteiger charge is 2.28. The number of carbonyl (C=O) groups is 1. The van der Waals surface area contributed by atoms with E-state index in [4.69, 9.17) is 5.73 Å². The summed E-state index contributed by atoms with van der Waals surface area (Å²) in [5.74, 6) is 0.485. The van der Waals surface area contributed by atoms with Gasteiger partial charge in [0.15, 0.2) is 0 Å². The quantitative estimate of drug-likeness (QED) is 0.808. The molecule has 1 saturated heterocycles. The topological polar surface area (TPSA) is 66.6 Å². The van der Waals surface area contributed by atoms with Gasteiger partial charge in [-0.25, -0.2) is 0 Å². The predicted octanol–water partition coefficient (Wildman–Crippen LogP) is 1.20. The smallest absolute Gasteiger partial charge is 0.253 e. The van der Waals surface area contributed by atoms with Gasteiger partial charge < -0.3 is 15.7 Å². The van der Waals surface area contributed by atoms with E-state index in [-0.39, 0.29) is 17.7 Å². The Balaban J connectivity index is 2.07. The van der Waals surface area contributed by atoms with Crippen LogP contribution in [0, 0.1) is 5.92 Å². The maximum Gasteiger partial charge on any atom is 0.253 e. The van der Waals surface area contributed by atoms with Crippen LogP contribution in [0.3, 0.4) is 0 Å². The first-order valence-electron chi connectivity index (χ1n) is 5.92. The molecule has 3 N–H and O–H groups in total. The van der Waals surface area contributed by atoms with E-state index < -0.39 is 0 Å². The lowest BCUT2D eigenvalue weighted by Gasteiger charge is -2.18. The van der Waals surface area contributed by atoms with Crippen molar-refractivity contribution in [3.63, 3.8) is 0 Å². The maximum atomic E-state index is 12.1. The molecule has 1 amide bonds. The summed E-state index contributed by atoms with van der Waals surface area (Å²) < 4.78 is 0. The zero-order chi connectivity index (χ0) is 12.4. The molecule has 4 nitrogen and oxygen atoms in total. The lowest BCUT2D eigenvalue weighted by atomic mass is 10.0. The van der Waals surface area contributed by atoms with Gasteiger partial charge in [-0.3, -0.25) is 4.79 Å².